The molecule has 1 aromatic heterocycles. The first kappa shape index (κ1) is 12.0. The Bertz CT molecular complexity index is 464. The Morgan fingerprint density at radius 1 is 1.44 bits per heavy atom. The molecule has 0 bridgehead atoms. The molecule has 0 unspecified atom stereocenters. The van der Waals surface area contributed by atoms with Crippen molar-refractivity contribution >= 4 is 16.9 Å². The normalized spacial score (nSPS) is 23.7. The van der Waals surface area contributed by atoms with Crippen LogP contribution >= 0.6 is 11.8 Å². The topological polar surface area (TPSA) is 37.3 Å². The highest BCUT2D eigenvalue weighted by Gasteiger charge is 2.39. The Hall–Kier alpha value is -1.03. The number of hydrogen-bond acceptors (Lipinski definition) is 3. The molecule has 96 valence electrons. The fourth-order valence-electron chi connectivity index (χ4n) is 2.74. The second-order valence-corrected chi connectivity index (χ2v) is 6.25. The van der Waals surface area contributed by atoms with Crippen molar-refractivity contribution in [3.8, 4) is 0 Å². The van der Waals surface area contributed by atoms with Gasteiger partial charge in [0, 0.05) is 17.5 Å². The average molecular weight is 261 g/mol. The molecule has 1 spiro atoms. The molecule has 0 aromatic carbocycles. The van der Waals surface area contributed by atoms with Crippen molar-refractivity contribution in [3.05, 3.63) is 29.6 Å². The van der Waals surface area contributed by atoms with Gasteiger partial charge in [-0.1, -0.05) is 30.7 Å². The third kappa shape index (κ3) is 2.39. The average Bonchev–Trinajstić information content (AvgIpc) is 3.00. The number of nitrogens with zero attached hydrogens (tertiary/aromatic N) is 2. The van der Waals surface area contributed by atoms with Gasteiger partial charge in [0.05, 0.1) is 12.2 Å². The molecular weight excluding hydrogens is 242 g/mol. The maximum Gasteiger partial charge on any atom is 0.157 e. The molecule has 18 heavy (non-hydrogen) atoms. The summed E-state index contributed by atoms with van der Waals surface area (Å²) < 4.78 is 0. The third-order valence-electron chi connectivity index (χ3n) is 3.91. The van der Waals surface area contributed by atoms with Crippen molar-refractivity contribution in [1.29, 1.82) is 0 Å². The van der Waals surface area contributed by atoms with Crippen LogP contribution in [0.4, 0.5) is 0 Å². The molecule has 0 atom stereocenters. The van der Waals surface area contributed by atoms with Crippen LogP contribution in [0.3, 0.4) is 0 Å². The molecule has 1 aliphatic carbocycles. The number of aryl methyl sites for hydroxylation is 1. The van der Waals surface area contributed by atoms with Crippen LogP contribution in [-0.2, 0) is 6.54 Å². The molecule has 1 aliphatic heterocycles. The van der Waals surface area contributed by atoms with Crippen LogP contribution in [0.25, 0.3) is 0 Å². The van der Waals surface area contributed by atoms with Gasteiger partial charge in [-0.15, -0.1) is 0 Å². The highest BCUT2D eigenvalue weighted by molar-refractivity contribution is 8.14. The second kappa shape index (κ2) is 4.92. The van der Waals surface area contributed by atoms with Crippen molar-refractivity contribution in [2.24, 2.45) is 4.99 Å². The fourth-order valence-corrected chi connectivity index (χ4v) is 3.96. The molecule has 1 aromatic rings. The molecule has 3 rings (SSSR count). The van der Waals surface area contributed by atoms with Crippen molar-refractivity contribution < 1.29 is 0 Å². The number of thioether (sulfide) groups is 1. The van der Waals surface area contributed by atoms with E-state index in [2.05, 4.69) is 28.3 Å². The van der Waals surface area contributed by atoms with E-state index < -0.39 is 0 Å². The summed E-state index contributed by atoms with van der Waals surface area (Å²) in [4.78, 5) is 9.06. The zero-order chi connectivity index (χ0) is 12.4. The minimum absolute atomic E-state index is 0.364. The minimum Gasteiger partial charge on any atom is -0.359 e. The Morgan fingerprint density at radius 3 is 3.06 bits per heavy atom. The van der Waals surface area contributed by atoms with Crippen LogP contribution in [0.2, 0.25) is 0 Å². The molecular formula is C14H19N3S. The molecule has 3 nitrogen and oxygen atoms in total. The summed E-state index contributed by atoms with van der Waals surface area (Å²) in [5.41, 5.74) is 2.67. The monoisotopic (exact) mass is 261 g/mol. The van der Waals surface area contributed by atoms with E-state index in [4.69, 9.17) is 0 Å². The Labute approximate surface area is 112 Å². The molecule has 1 saturated heterocycles. The molecule has 1 N–H and O–H groups in total. The van der Waals surface area contributed by atoms with E-state index in [1.807, 2.05) is 24.0 Å². The highest BCUT2D eigenvalue weighted by atomic mass is 32.2. The summed E-state index contributed by atoms with van der Waals surface area (Å²) in [6.07, 6.45) is 7.18. The van der Waals surface area contributed by atoms with Gasteiger partial charge >= 0.3 is 0 Å². The highest BCUT2D eigenvalue weighted by Crippen LogP contribution is 2.37. The maximum absolute atomic E-state index is 4.68. The van der Waals surface area contributed by atoms with Crippen molar-refractivity contribution in [2.45, 2.75) is 44.7 Å². The van der Waals surface area contributed by atoms with E-state index in [1.165, 1.54) is 37.0 Å². The molecule has 1 saturated carbocycles. The van der Waals surface area contributed by atoms with Crippen LogP contribution in [0.1, 0.15) is 36.9 Å². The quantitative estimate of drug-likeness (QED) is 0.889. The van der Waals surface area contributed by atoms with Crippen molar-refractivity contribution in [3.63, 3.8) is 0 Å². The molecule has 0 radical (unpaired) electrons. The number of aliphatic imine (C=N–C) groups is 1. The number of rotatable bonds is 2. The van der Waals surface area contributed by atoms with Gasteiger partial charge in [0.25, 0.3) is 0 Å². The van der Waals surface area contributed by atoms with Crippen LogP contribution in [0.15, 0.2) is 23.3 Å². The number of hydrogen-bond donors (Lipinski definition) is 1. The number of pyridine rings is 1. The van der Waals surface area contributed by atoms with E-state index in [0.29, 0.717) is 12.1 Å². The lowest BCUT2D eigenvalue weighted by Gasteiger charge is -2.21. The SMILES string of the molecule is Cc1cccnc1CN=C1NC2(CCCC2)CS1. The summed E-state index contributed by atoms with van der Waals surface area (Å²) in [5, 5.41) is 4.75. The first-order chi connectivity index (χ1) is 8.77. The van der Waals surface area contributed by atoms with Gasteiger partial charge in [-0.2, -0.15) is 0 Å². The molecule has 0 amide bonds. The van der Waals surface area contributed by atoms with Gasteiger partial charge in [-0.3, -0.25) is 9.98 Å². The number of aromatic nitrogens is 1. The van der Waals surface area contributed by atoms with Gasteiger partial charge in [0.15, 0.2) is 5.17 Å². The molecule has 2 heterocycles. The van der Waals surface area contributed by atoms with Gasteiger partial charge in [-0.05, 0) is 31.4 Å². The van der Waals surface area contributed by atoms with E-state index in [0.717, 1.165) is 10.9 Å². The lowest BCUT2D eigenvalue weighted by atomic mass is 10.0. The molecule has 2 aliphatic rings. The lowest BCUT2D eigenvalue weighted by Crippen LogP contribution is -2.40. The minimum atomic E-state index is 0.364. The Balaban J connectivity index is 1.66. The first-order valence-corrected chi connectivity index (χ1v) is 7.62. The molecule has 4 heteroatoms. The van der Waals surface area contributed by atoms with E-state index in [9.17, 15) is 0 Å². The van der Waals surface area contributed by atoms with Crippen molar-refractivity contribution in [2.75, 3.05) is 5.75 Å². The third-order valence-corrected chi connectivity index (χ3v) is 5.11. The Kier molecular flexibility index (Phi) is 3.29. The largest absolute Gasteiger partial charge is 0.359 e. The summed E-state index contributed by atoms with van der Waals surface area (Å²) in [6, 6.07) is 4.07. The van der Waals surface area contributed by atoms with Gasteiger partial charge in [0.2, 0.25) is 0 Å². The summed E-state index contributed by atoms with van der Waals surface area (Å²) in [7, 11) is 0. The fraction of sp³-hybridized carbons (Fsp3) is 0.571. The van der Waals surface area contributed by atoms with Gasteiger partial charge in [-0.25, -0.2) is 0 Å². The smallest absolute Gasteiger partial charge is 0.157 e. The van der Waals surface area contributed by atoms with Crippen LogP contribution in [0, 0.1) is 6.92 Å². The zero-order valence-electron chi connectivity index (χ0n) is 10.8. The molecule has 2 fully saturated rings. The summed E-state index contributed by atoms with van der Waals surface area (Å²) in [6.45, 7) is 2.79. The van der Waals surface area contributed by atoms with E-state index >= 15 is 0 Å². The summed E-state index contributed by atoms with van der Waals surface area (Å²) in [5.74, 6) is 1.19. The van der Waals surface area contributed by atoms with E-state index in [-0.39, 0.29) is 0 Å². The first-order valence-electron chi connectivity index (χ1n) is 6.63. The van der Waals surface area contributed by atoms with Gasteiger partial charge < -0.3 is 5.32 Å². The van der Waals surface area contributed by atoms with Crippen LogP contribution < -0.4 is 5.32 Å². The predicted molar refractivity (Wildman–Crippen MR) is 76.9 cm³/mol. The van der Waals surface area contributed by atoms with Crippen LogP contribution in [0.5, 0.6) is 0 Å². The zero-order valence-corrected chi connectivity index (χ0v) is 11.6. The standard InChI is InChI=1S/C14H19N3S/c1-11-5-4-8-15-12(11)9-16-13-17-14(10-18-13)6-2-3-7-14/h4-5,8H,2-3,6-7,9-10H2,1H3,(H,16,17). The predicted octanol–water partition coefficient (Wildman–Crippen LogP) is 2.90. The number of nitrogens with one attached hydrogen (secondary N) is 1. The lowest BCUT2D eigenvalue weighted by molar-refractivity contribution is 0.452. The van der Waals surface area contributed by atoms with E-state index in [1.54, 1.807) is 0 Å². The second-order valence-electron chi connectivity index (χ2n) is 5.29. The number of amidine groups is 1. The van der Waals surface area contributed by atoms with Crippen LogP contribution in [-0.4, -0.2) is 21.4 Å². The van der Waals surface area contributed by atoms with Crippen molar-refractivity contribution in [1.82, 2.24) is 10.3 Å². The van der Waals surface area contributed by atoms with Gasteiger partial charge in [0.1, 0.15) is 0 Å². The Morgan fingerprint density at radius 2 is 2.28 bits per heavy atom. The maximum atomic E-state index is 4.68. The summed E-state index contributed by atoms with van der Waals surface area (Å²) >= 11 is 1.87.